The van der Waals surface area contributed by atoms with Crippen LogP contribution in [0.15, 0.2) is 23.2 Å². The van der Waals surface area contributed by atoms with Gasteiger partial charge in [-0.3, -0.25) is 14.9 Å². The van der Waals surface area contributed by atoms with E-state index in [1.54, 1.807) is 23.1 Å². The predicted molar refractivity (Wildman–Crippen MR) is 116 cm³/mol. The van der Waals surface area contributed by atoms with Gasteiger partial charge in [0.1, 0.15) is 6.04 Å². The van der Waals surface area contributed by atoms with Crippen LogP contribution in [0.2, 0.25) is 10.0 Å². The van der Waals surface area contributed by atoms with Crippen LogP contribution in [-0.4, -0.2) is 59.8 Å². The third-order valence-corrected chi connectivity index (χ3v) is 5.56. The van der Waals surface area contributed by atoms with E-state index in [-0.39, 0.29) is 24.3 Å². The smallest absolute Gasteiger partial charge is 0.247 e. The molecule has 0 radical (unpaired) electrons. The average Bonchev–Trinajstić information content (AvgIpc) is 3.17. The van der Waals surface area contributed by atoms with Crippen molar-refractivity contribution in [3.05, 3.63) is 28.2 Å². The van der Waals surface area contributed by atoms with Crippen molar-refractivity contribution >= 4 is 46.7 Å². The van der Waals surface area contributed by atoms with Crippen molar-refractivity contribution < 1.29 is 9.59 Å². The summed E-state index contributed by atoms with van der Waals surface area (Å²) >= 11 is 12.0. The molecule has 2 heterocycles. The summed E-state index contributed by atoms with van der Waals surface area (Å²) in [7, 11) is 0. The highest BCUT2D eigenvalue weighted by Crippen LogP contribution is 2.23. The van der Waals surface area contributed by atoms with Gasteiger partial charge in [-0.05, 0) is 50.3 Å². The number of guanidine groups is 1. The highest BCUT2D eigenvalue weighted by atomic mass is 35.5. The number of nitriles is 1. The molecule has 2 saturated heterocycles. The van der Waals surface area contributed by atoms with Gasteiger partial charge in [-0.2, -0.15) is 5.26 Å². The number of likely N-dealkylation sites (tertiary alicyclic amines) is 2. The molecule has 1 atom stereocenters. The standard InChI is InChI=1S/C20H24Cl2N6O2/c21-14-9-15(22)11-16(10-14)25-20(24-13-23)26-17-5-1-2-8-28(19(17)30)12-18(29)27-6-3-4-7-27/h9-11,17H,1-8,12H2,(H2,24,25,26)/t17-/m1/s1. The average molecular weight is 451 g/mol. The molecule has 30 heavy (non-hydrogen) atoms. The van der Waals surface area contributed by atoms with Gasteiger partial charge in [0.25, 0.3) is 0 Å². The zero-order valence-corrected chi connectivity index (χ0v) is 18.0. The number of nitrogens with zero attached hydrogens (tertiary/aromatic N) is 4. The number of halogens is 2. The number of amides is 2. The van der Waals surface area contributed by atoms with Gasteiger partial charge in [0.15, 0.2) is 6.19 Å². The van der Waals surface area contributed by atoms with Crippen molar-refractivity contribution in [1.29, 1.82) is 5.26 Å². The Labute approximate surface area is 185 Å². The van der Waals surface area contributed by atoms with Gasteiger partial charge in [-0.25, -0.2) is 4.99 Å². The molecular formula is C20H24Cl2N6O2. The van der Waals surface area contributed by atoms with Crippen LogP contribution in [0.25, 0.3) is 0 Å². The summed E-state index contributed by atoms with van der Waals surface area (Å²) in [4.78, 5) is 33.4. The maximum atomic E-state index is 13.1. The second-order valence-corrected chi connectivity index (χ2v) is 8.23. The van der Waals surface area contributed by atoms with Crippen LogP contribution in [0.3, 0.4) is 0 Å². The fourth-order valence-corrected chi connectivity index (χ4v) is 4.18. The van der Waals surface area contributed by atoms with Gasteiger partial charge in [-0.1, -0.05) is 23.2 Å². The van der Waals surface area contributed by atoms with Gasteiger partial charge in [-0.15, -0.1) is 0 Å². The SMILES string of the molecule is N#CNC(=N[C@@H]1CCCCN(CC(=O)N2CCCC2)C1=O)Nc1cc(Cl)cc(Cl)c1. The van der Waals surface area contributed by atoms with E-state index in [0.29, 0.717) is 28.7 Å². The minimum atomic E-state index is -0.683. The molecule has 3 rings (SSSR count). The molecule has 2 aliphatic rings. The fourth-order valence-electron chi connectivity index (χ4n) is 3.66. The number of hydrogen-bond donors (Lipinski definition) is 2. The van der Waals surface area contributed by atoms with Crippen LogP contribution < -0.4 is 10.6 Å². The largest absolute Gasteiger partial charge is 0.341 e. The topological polar surface area (TPSA) is 101 Å². The minimum Gasteiger partial charge on any atom is -0.341 e. The molecule has 8 nitrogen and oxygen atoms in total. The highest BCUT2D eigenvalue weighted by Gasteiger charge is 2.30. The van der Waals surface area contributed by atoms with Gasteiger partial charge in [0, 0.05) is 35.4 Å². The molecule has 0 aliphatic carbocycles. The number of aliphatic imine (C=N–C) groups is 1. The van der Waals surface area contributed by atoms with Crippen LogP contribution in [0.4, 0.5) is 5.69 Å². The summed E-state index contributed by atoms with van der Waals surface area (Å²) < 4.78 is 0. The molecule has 2 amide bonds. The van der Waals surface area contributed by atoms with E-state index in [0.717, 1.165) is 38.8 Å². The van der Waals surface area contributed by atoms with Crippen molar-refractivity contribution in [3.63, 3.8) is 0 Å². The Kier molecular flexibility index (Phi) is 7.77. The Balaban J connectivity index is 1.74. The van der Waals surface area contributed by atoms with Crippen molar-refractivity contribution in [2.75, 3.05) is 31.5 Å². The summed E-state index contributed by atoms with van der Waals surface area (Å²) in [6.07, 6.45) is 6.00. The number of carbonyl (C=O) groups excluding carboxylic acids is 2. The number of nitrogens with one attached hydrogen (secondary N) is 2. The van der Waals surface area contributed by atoms with Crippen LogP contribution in [-0.2, 0) is 9.59 Å². The molecule has 0 spiro atoms. The third-order valence-electron chi connectivity index (χ3n) is 5.12. The monoisotopic (exact) mass is 450 g/mol. The lowest BCUT2D eigenvalue weighted by molar-refractivity contribution is -0.140. The first-order chi connectivity index (χ1) is 14.5. The molecule has 2 aliphatic heterocycles. The van der Waals surface area contributed by atoms with Gasteiger partial charge < -0.3 is 15.1 Å². The number of benzene rings is 1. The number of carbonyl (C=O) groups is 2. The summed E-state index contributed by atoms with van der Waals surface area (Å²) in [6.45, 7) is 2.11. The first kappa shape index (κ1) is 22.2. The maximum absolute atomic E-state index is 13.1. The first-order valence-corrected chi connectivity index (χ1v) is 10.7. The molecular weight excluding hydrogens is 427 g/mol. The van der Waals surface area contributed by atoms with Crippen molar-refractivity contribution in [1.82, 2.24) is 15.1 Å². The normalized spacial score (nSPS) is 20.0. The number of hydrogen-bond acceptors (Lipinski definition) is 4. The van der Waals surface area contributed by atoms with E-state index in [9.17, 15) is 9.59 Å². The van der Waals surface area contributed by atoms with Crippen LogP contribution in [0.1, 0.15) is 32.1 Å². The van der Waals surface area contributed by atoms with E-state index < -0.39 is 6.04 Å². The molecule has 1 aromatic rings. The van der Waals surface area contributed by atoms with E-state index >= 15 is 0 Å². The lowest BCUT2D eigenvalue weighted by Crippen LogP contribution is -2.45. The Morgan fingerprint density at radius 3 is 2.47 bits per heavy atom. The Morgan fingerprint density at radius 1 is 1.13 bits per heavy atom. The highest BCUT2D eigenvalue weighted by molar-refractivity contribution is 6.35. The first-order valence-electron chi connectivity index (χ1n) is 9.99. The molecule has 2 fully saturated rings. The number of rotatable bonds is 4. The summed E-state index contributed by atoms with van der Waals surface area (Å²) in [5, 5.41) is 15.4. The predicted octanol–water partition coefficient (Wildman–Crippen LogP) is 2.84. The zero-order valence-electron chi connectivity index (χ0n) is 16.5. The zero-order chi connectivity index (χ0) is 21.5. The molecule has 10 heteroatoms. The van der Waals surface area contributed by atoms with Crippen LogP contribution in [0.5, 0.6) is 0 Å². The van der Waals surface area contributed by atoms with Crippen molar-refractivity contribution in [2.45, 2.75) is 38.1 Å². The Hall–Kier alpha value is -2.50. The minimum absolute atomic E-state index is 0.0208. The summed E-state index contributed by atoms with van der Waals surface area (Å²) in [6, 6.07) is 4.18. The molecule has 0 saturated carbocycles. The molecule has 0 unspecified atom stereocenters. The second kappa shape index (κ2) is 10.5. The maximum Gasteiger partial charge on any atom is 0.247 e. The molecule has 0 bridgehead atoms. The van der Waals surface area contributed by atoms with Crippen molar-refractivity contribution in [3.8, 4) is 6.19 Å². The Morgan fingerprint density at radius 2 is 1.80 bits per heavy atom. The quantitative estimate of drug-likeness (QED) is 0.317. The van der Waals surface area contributed by atoms with E-state index in [1.165, 1.54) is 0 Å². The third kappa shape index (κ3) is 6.00. The fraction of sp³-hybridized carbons (Fsp3) is 0.500. The van der Waals surface area contributed by atoms with Crippen LogP contribution in [0, 0.1) is 11.5 Å². The van der Waals surface area contributed by atoms with Crippen LogP contribution >= 0.6 is 23.2 Å². The number of anilines is 1. The van der Waals surface area contributed by atoms with E-state index in [1.807, 2.05) is 11.1 Å². The molecule has 0 aromatic heterocycles. The van der Waals surface area contributed by atoms with E-state index in [4.69, 9.17) is 28.5 Å². The van der Waals surface area contributed by atoms with Gasteiger partial charge >= 0.3 is 0 Å². The summed E-state index contributed by atoms with van der Waals surface area (Å²) in [5.74, 6) is -0.0994. The lowest BCUT2D eigenvalue weighted by Gasteiger charge is -2.25. The molecule has 2 N–H and O–H groups in total. The van der Waals surface area contributed by atoms with Gasteiger partial charge in [0.05, 0.1) is 6.54 Å². The summed E-state index contributed by atoms with van der Waals surface area (Å²) in [5.41, 5.74) is 0.538. The van der Waals surface area contributed by atoms with Crippen molar-refractivity contribution in [2.24, 2.45) is 4.99 Å². The molecule has 160 valence electrons. The van der Waals surface area contributed by atoms with Gasteiger partial charge in [0.2, 0.25) is 17.8 Å². The Bertz CT molecular complexity index is 843. The molecule has 1 aromatic carbocycles. The second-order valence-electron chi connectivity index (χ2n) is 7.36. The van der Waals surface area contributed by atoms with E-state index in [2.05, 4.69) is 15.6 Å². The lowest BCUT2D eigenvalue weighted by atomic mass is 10.1.